The molecule has 1 heterocycles. The van der Waals surface area contributed by atoms with Gasteiger partial charge in [-0.05, 0) is 49.9 Å². The van der Waals surface area contributed by atoms with Gasteiger partial charge in [-0.25, -0.2) is 9.97 Å². The lowest BCUT2D eigenvalue weighted by Crippen LogP contribution is -2.05. The molecule has 0 saturated carbocycles. The molecule has 5 nitrogen and oxygen atoms in total. The molecule has 0 atom stereocenters. The second-order valence-corrected chi connectivity index (χ2v) is 6.34. The molecular formula is C17H18N4OS. The fraction of sp³-hybridized carbons (Fsp3) is 0.294. The highest BCUT2D eigenvalue weighted by Gasteiger charge is 2.15. The number of aryl methyl sites for hydroxylation is 2. The first-order valence-corrected chi connectivity index (χ1v) is 8.09. The van der Waals surface area contributed by atoms with Gasteiger partial charge >= 0.3 is 0 Å². The molecule has 1 aromatic carbocycles. The highest BCUT2D eigenvalue weighted by molar-refractivity contribution is 7.98. The Bertz CT molecular complexity index is 824. The molecule has 23 heavy (non-hydrogen) atoms. The number of nitriles is 1. The summed E-state index contributed by atoms with van der Waals surface area (Å²) < 4.78 is 0. The van der Waals surface area contributed by atoms with Crippen molar-refractivity contribution < 1.29 is 4.79 Å². The Morgan fingerprint density at radius 3 is 2.61 bits per heavy atom. The van der Waals surface area contributed by atoms with Gasteiger partial charge in [-0.15, -0.1) is 0 Å². The van der Waals surface area contributed by atoms with Gasteiger partial charge in [0.15, 0.2) is 10.9 Å². The standard InChI is InChI=1S/C17H18N4OS/c1-9-5-10(2)15(12(4)22)11(3)14(9)8-23-17-20-7-13(6-18)16(19)21-17/h5,7H,8H2,1-4H3,(H2,19,20,21). The number of thioether (sulfide) groups is 1. The van der Waals surface area contributed by atoms with E-state index in [9.17, 15) is 4.79 Å². The molecule has 0 aliphatic heterocycles. The average molecular weight is 326 g/mol. The molecule has 2 aromatic rings. The normalized spacial score (nSPS) is 10.4. The predicted molar refractivity (Wildman–Crippen MR) is 91.4 cm³/mol. The fourth-order valence-corrected chi connectivity index (χ4v) is 3.67. The molecule has 0 aliphatic rings. The quantitative estimate of drug-likeness (QED) is 0.526. The molecule has 118 valence electrons. The van der Waals surface area contributed by atoms with Crippen LogP contribution in [0.1, 0.15) is 45.1 Å². The third-order valence-corrected chi connectivity index (χ3v) is 4.63. The second kappa shape index (κ2) is 6.80. The number of nitrogens with two attached hydrogens (primary N) is 1. The molecule has 0 spiro atoms. The Labute approximate surface area is 139 Å². The Morgan fingerprint density at radius 2 is 2.04 bits per heavy atom. The van der Waals surface area contributed by atoms with Crippen molar-refractivity contribution in [3.63, 3.8) is 0 Å². The van der Waals surface area contributed by atoms with E-state index in [1.54, 1.807) is 6.92 Å². The summed E-state index contributed by atoms with van der Waals surface area (Å²) in [4.78, 5) is 20.1. The highest BCUT2D eigenvalue weighted by Crippen LogP contribution is 2.28. The first-order valence-electron chi connectivity index (χ1n) is 7.11. The van der Waals surface area contributed by atoms with Gasteiger partial charge in [0.05, 0.1) is 6.20 Å². The molecule has 0 bridgehead atoms. The van der Waals surface area contributed by atoms with Crippen LogP contribution in [0.5, 0.6) is 0 Å². The van der Waals surface area contributed by atoms with Crippen LogP contribution in [0.4, 0.5) is 5.82 Å². The summed E-state index contributed by atoms with van der Waals surface area (Å²) in [6.45, 7) is 7.55. The van der Waals surface area contributed by atoms with Crippen LogP contribution in [0.25, 0.3) is 0 Å². The SMILES string of the molecule is CC(=O)c1c(C)cc(C)c(CSc2ncc(C#N)c(N)n2)c1C. The third-order valence-electron chi connectivity index (χ3n) is 3.75. The van der Waals surface area contributed by atoms with Crippen LogP contribution in [-0.4, -0.2) is 15.8 Å². The number of hydrogen-bond acceptors (Lipinski definition) is 6. The third kappa shape index (κ3) is 3.51. The Morgan fingerprint density at radius 1 is 1.35 bits per heavy atom. The van der Waals surface area contributed by atoms with Gasteiger partial charge in [0.2, 0.25) is 0 Å². The van der Waals surface area contributed by atoms with E-state index in [0.717, 1.165) is 27.8 Å². The first-order chi connectivity index (χ1) is 10.8. The van der Waals surface area contributed by atoms with E-state index in [4.69, 9.17) is 11.0 Å². The summed E-state index contributed by atoms with van der Waals surface area (Å²) in [5, 5.41) is 9.37. The Hall–Kier alpha value is -2.39. The number of rotatable bonds is 4. The Balaban J connectivity index is 2.31. The maximum absolute atomic E-state index is 11.9. The van der Waals surface area contributed by atoms with E-state index < -0.39 is 0 Å². The zero-order chi connectivity index (χ0) is 17.1. The van der Waals surface area contributed by atoms with E-state index in [0.29, 0.717) is 10.9 Å². The van der Waals surface area contributed by atoms with Gasteiger partial charge in [0, 0.05) is 11.3 Å². The van der Waals surface area contributed by atoms with Crippen molar-refractivity contribution in [2.75, 3.05) is 5.73 Å². The number of carbonyl (C=O) groups excluding carboxylic acids is 1. The molecule has 0 saturated heterocycles. The van der Waals surface area contributed by atoms with Gasteiger partial charge in [-0.1, -0.05) is 17.8 Å². The van der Waals surface area contributed by atoms with E-state index in [2.05, 4.69) is 9.97 Å². The molecule has 1 aromatic heterocycles. The van der Waals surface area contributed by atoms with Crippen molar-refractivity contribution in [2.45, 2.75) is 38.6 Å². The van der Waals surface area contributed by atoms with Gasteiger partial charge in [-0.2, -0.15) is 5.26 Å². The smallest absolute Gasteiger partial charge is 0.189 e. The van der Waals surface area contributed by atoms with E-state index in [1.807, 2.05) is 32.9 Å². The summed E-state index contributed by atoms with van der Waals surface area (Å²) in [7, 11) is 0. The monoisotopic (exact) mass is 326 g/mol. The summed E-state index contributed by atoms with van der Waals surface area (Å²) in [6.07, 6.45) is 1.43. The molecule has 6 heteroatoms. The minimum absolute atomic E-state index is 0.0742. The van der Waals surface area contributed by atoms with Crippen molar-refractivity contribution in [1.29, 1.82) is 5.26 Å². The van der Waals surface area contributed by atoms with Crippen molar-refractivity contribution in [1.82, 2.24) is 9.97 Å². The van der Waals surface area contributed by atoms with E-state index >= 15 is 0 Å². The number of nitrogen functional groups attached to an aromatic ring is 1. The molecule has 2 N–H and O–H groups in total. The fourth-order valence-electron chi connectivity index (χ4n) is 2.66. The summed E-state index contributed by atoms with van der Waals surface area (Å²) in [5.74, 6) is 0.903. The maximum Gasteiger partial charge on any atom is 0.189 e. The molecule has 0 aliphatic carbocycles. The number of aromatic nitrogens is 2. The van der Waals surface area contributed by atoms with Crippen LogP contribution >= 0.6 is 11.8 Å². The number of anilines is 1. The first kappa shape index (κ1) is 17.0. The zero-order valence-corrected chi connectivity index (χ0v) is 14.4. The largest absolute Gasteiger partial charge is 0.382 e. The van der Waals surface area contributed by atoms with Gasteiger partial charge in [-0.3, -0.25) is 4.79 Å². The summed E-state index contributed by atoms with van der Waals surface area (Å²) >= 11 is 1.44. The second-order valence-electron chi connectivity index (χ2n) is 5.40. The van der Waals surface area contributed by atoms with Crippen LogP contribution in [0, 0.1) is 32.1 Å². The van der Waals surface area contributed by atoms with Crippen molar-refractivity contribution >= 4 is 23.4 Å². The average Bonchev–Trinajstić information content (AvgIpc) is 2.46. The number of hydrogen-bond donors (Lipinski definition) is 1. The minimum Gasteiger partial charge on any atom is -0.382 e. The zero-order valence-electron chi connectivity index (χ0n) is 13.6. The number of ketones is 1. The topological polar surface area (TPSA) is 92.7 Å². The minimum atomic E-state index is 0.0742. The summed E-state index contributed by atoms with van der Waals surface area (Å²) in [5.41, 5.74) is 11.0. The van der Waals surface area contributed by atoms with Crippen molar-refractivity contribution in [2.24, 2.45) is 0 Å². The molecular weight excluding hydrogens is 308 g/mol. The van der Waals surface area contributed by atoms with Crippen LogP contribution in [0.2, 0.25) is 0 Å². The van der Waals surface area contributed by atoms with Gasteiger partial charge in [0.1, 0.15) is 17.5 Å². The predicted octanol–water partition coefficient (Wildman–Crippen LogP) is 3.35. The lowest BCUT2D eigenvalue weighted by atomic mass is 9.92. The molecule has 0 unspecified atom stereocenters. The number of nitrogens with zero attached hydrogens (tertiary/aromatic N) is 3. The molecule has 0 amide bonds. The Kier molecular flexibility index (Phi) is 5.02. The number of carbonyl (C=O) groups is 1. The van der Waals surface area contributed by atoms with E-state index in [1.165, 1.54) is 18.0 Å². The van der Waals surface area contributed by atoms with E-state index in [-0.39, 0.29) is 17.2 Å². The van der Waals surface area contributed by atoms with Crippen LogP contribution in [-0.2, 0) is 5.75 Å². The highest BCUT2D eigenvalue weighted by atomic mass is 32.2. The maximum atomic E-state index is 11.9. The van der Waals surface area contributed by atoms with Crippen LogP contribution in [0.3, 0.4) is 0 Å². The molecule has 2 rings (SSSR count). The van der Waals surface area contributed by atoms with Crippen molar-refractivity contribution in [3.8, 4) is 6.07 Å². The van der Waals surface area contributed by atoms with Crippen LogP contribution < -0.4 is 5.73 Å². The lowest BCUT2D eigenvalue weighted by Gasteiger charge is -2.15. The number of benzene rings is 1. The number of Topliss-reactive ketones (excluding diaryl/α,β-unsaturated/α-hetero) is 1. The lowest BCUT2D eigenvalue weighted by molar-refractivity contribution is 0.101. The summed E-state index contributed by atoms with van der Waals surface area (Å²) in [6, 6.07) is 3.98. The molecule has 0 radical (unpaired) electrons. The van der Waals surface area contributed by atoms with Gasteiger partial charge in [0.25, 0.3) is 0 Å². The van der Waals surface area contributed by atoms with Gasteiger partial charge < -0.3 is 5.73 Å². The van der Waals surface area contributed by atoms with Crippen molar-refractivity contribution in [3.05, 3.63) is 45.6 Å². The molecule has 0 fully saturated rings. The van der Waals surface area contributed by atoms with Crippen LogP contribution in [0.15, 0.2) is 17.4 Å².